The van der Waals surface area contributed by atoms with Gasteiger partial charge in [-0.3, -0.25) is 4.68 Å². The normalized spacial score (nSPS) is 22.3. The Kier molecular flexibility index (Phi) is 4.89. The molecule has 27 heavy (non-hydrogen) atoms. The highest BCUT2D eigenvalue weighted by atomic mass is 16.7. The molecule has 144 valence electrons. The zero-order valence-electron chi connectivity index (χ0n) is 16.9. The second-order valence-corrected chi connectivity index (χ2v) is 9.04. The molecule has 0 unspecified atom stereocenters. The van der Waals surface area contributed by atoms with Crippen LogP contribution in [0.25, 0.3) is 11.3 Å². The lowest BCUT2D eigenvalue weighted by Crippen LogP contribution is -2.41. The van der Waals surface area contributed by atoms with E-state index in [1.807, 2.05) is 4.68 Å². The summed E-state index contributed by atoms with van der Waals surface area (Å²) in [5, 5.41) is 8.72. The van der Waals surface area contributed by atoms with Gasteiger partial charge in [-0.05, 0) is 51.9 Å². The molecule has 0 radical (unpaired) electrons. The Balaban J connectivity index is 1.44. The molecule has 4 rings (SSSR count). The van der Waals surface area contributed by atoms with Crippen LogP contribution in [-0.2, 0) is 15.9 Å². The van der Waals surface area contributed by atoms with Crippen molar-refractivity contribution in [3.63, 3.8) is 0 Å². The molecule has 1 aromatic heterocycles. The molecular formula is C21H30BN3O2. The minimum absolute atomic E-state index is 0.321. The highest BCUT2D eigenvalue weighted by Gasteiger charge is 2.51. The lowest BCUT2D eigenvalue weighted by atomic mass is 9.79. The maximum atomic E-state index is 6.13. The van der Waals surface area contributed by atoms with Crippen LogP contribution >= 0.6 is 0 Å². The van der Waals surface area contributed by atoms with Crippen LogP contribution in [-0.4, -0.2) is 33.3 Å². The lowest BCUT2D eigenvalue weighted by Gasteiger charge is -2.32. The van der Waals surface area contributed by atoms with Crippen molar-refractivity contribution in [1.82, 2.24) is 15.0 Å². The van der Waals surface area contributed by atoms with E-state index < -0.39 is 0 Å². The predicted octanol–water partition coefficient (Wildman–Crippen LogP) is 3.82. The second-order valence-electron chi connectivity index (χ2n) is 9.04. The van der Waals surface area contributed by atoms with E-state index in [2.05, 4.69) is 68.5 Å². The van der Waals surface area contributed by atoms with Crippen molar-refractivity contribution in [2.24, 2.45) is 5.92 Å². The Morgan fingerprint density at radius 3 is 2.26 bits per heavy atom. The first-order valence-electron chi connectivity index (χ1n) is 10.2. The predicted molar refractivity (Wildman–Crippen MR) is 108 cm³/mol. The van der Waals surface area contributed by atoms with Crippen LogP contribution in [0.2, 0.25) is 0 Å². The van der Waals surface area contributed by atoms with Gasteiger partial charge >= 0.3 is 7.12 Å². The zero-order valence-corrected chi connectivity index (χ0v) is 16.9. The second kappa shape index (κ2) is 7.06. The third-order valence-corrected chi connectivity index (χ3v) is 6.44. The minimum Gasteiger partial charge on any atom is -0.399 e. The van der Waals surface area contributed by atoms with E-state index in [0.29, 0.717) is 0 Å². The summed E-state index contributed by atoms with van der Waals surface area (Å²) in [6.07, 6.45) is 8.79. The molecule has 2 aromatic rings. The topological polar surface area (TPSA) is 49.2 Å². The number of benzene rings is 1. The first-order valence-corrected chi connectivity index (χ1v) is 10.2. The number of nitrogens with zero attached hydrogens (tertiary/aromatic N) is 3. The van der Waals surface area contributed by atoms with Crippen LogP contribution in [0.4, 0.5) is 0 Å². The van der Waals surface area contributed by atoms with Crippen molar-refractivity contribution in [2.75, 3.05) is 0 Å². The summed E-state index contributed by atoms with van der Waals surface area (Å²) >= 11 is 0. The molecule has 1 aliphatic carbocycles. The van der Waals surface area contributed by atoms with Gasteiger partial charge in [0.05, 0.1) is 17.4 Å². The standard InChI is InChI=1S/C21H30BN3O2/c1-20(2)21(3,4)27-22(26-20)18-12-10-17(11-13-18)19-15-25(24-23-19)14-16-8-6-5-7-9-16/h10-13,15-16H,5-9,14H2,1-4H3. The van der Waals surface area contributed by atoms with Gasteiger partial charge in [0, 0.05) is 12.1 Å². The van der Waals surface area contributed by atoms with E-state index in [1.54, 1.807) is 0 Å². The SMILES string of the molecule is CC1(C)OB(c2ccc(-c3cn(CC4CCCCC4)nn3)cc2)OC1(C)C. The largest absolute Gasteiger partial charge is 0.494 e. The quantitative estimate of drug-likeness (QED) is 0.771. The van der Waals surface area contributed by atoms with Crippen LogP contribution in [0, 0.1) is 5.92 Å². The van der Waals surface area contributed by atoms with Gasteiger partial charge in [-0.15, -0.1) is 5.10 Å². The Bertz CT molecular complexity index is 763. The lowest BCUT2D eigenvalue weighted by molar-refractivity contribution is 0.00578. The van der Waals surface area contributed by atoms with Crippen molar-refractivity contribution >= 4 is 12.6 Å². The number of hydrogen-bond donors (Lipinski definition) is 0. The fourth-order valence-corrected chi connectivity index (χ4v) is 3.94. The molecule has 1 aliphatic heterocycles. The van der Waals surface area contributed by atoms with Gasteiger partial charge in [0.15, 0.2) is 0 Å². The van der Waals surface area contributed by atoms with E-state index in [9.17, 15) is 0 Å². The molecular weight excluding hydrogens is 337 g/mol. The van der Waals surface area contributed by atoms with Gasteiger partial charge in [-0.1, -0.05) is 48.7 Å². The molecule has 6 heteroatoms. The van der Waals surface area contributed by atoms with E-state index in [0.717, 1.165) is 29.2 Å². The van der Waals surface area contributed by atoms with Crippen LogP contribution < -0.4 is 5.46 Å². The van der Waals surface area contributed by atoms with Gasteiger partial charge in [0.1, 0.15) is 5.69 Å². The number of hydrogen-bond acceptors (Lipinski definition) is 4. The zero-order chi connectivity index (χ0) is 19.1. The molecule has 0 bridgehead atoms. The number of aromatic nitrogens is 3. The maximum absolute atomic E-state index is 6.13. The van der Waals surface area contributed by atoms with Crippen molar-refractivity contribution in [2.45, 2.75) is 77.5 Å². The van der Waals surface area contributed by atoms with E-state index in [-0.39, 0.29) is 18.3 Å². The van der Waals surface area contributed by atoms with Crippen LogP contribution in [0.15, 0.2) is 30.5 Å². The highest BCUT2D eigenvalue weighted by Crippen LogP contribution is 2.36. The van der Waals surface area contributed by atoms with Crippen molar-refractivity contribution in [3.05, 3.63) is 30.5 Å². The van der Waals surface area contributed by atoms with Crippen LogP contribution in [0.3, 0.4) is 0 Å². The molecule has 1 saturated carbocycles. The summed E-state index contributed by atoms with van der Waals surface area (Å²) in [5.41, 5.74) is 2.39. The average molecular weight is 367 g/mol. The first kappa shape index (κ1) is 18.7. The first-order chi connectivity index (χ1) is 12.8. The van der Waals surface area contributed by atoms with E-state index in [1.165, 1.54) is 32.1 Å². The third-order valence-electron chi connectivity index (χ3n) is 6.44. The average Bonchev–Trinajstić information content (AvgIpc) is 3.18. The van der Waals surface area contributed by atoms with Gasteiger partial charge in [0.2, 0.25) is 0 Å². The van der Waals surface area contributed by atoms with Gasteiger partial charge in [-0.2, -0.15) is 0 Å². The minimum atomic E-state index is -0.328. The summed E-state index contributed by atoms with van der Waals surface area (Å²) in [4.78, 5) is 0. The summed E-state index contributed by atoms with van der Waals surface area (Å²) in [6.45, 7) is 9.29. The molecule has 0 N–H and O–H groups in total. The summed E-state index contributed by atoms with van der Waals surface area (Å²) in [6, 6.07) is 8.29. The van der Waals surface area contributed by atoms with Gasteiger partial charge in [-0.25, -0.2) is 0 Å². The molecule has 0 amide bonds. The van der Waals surface area contributed by atoms with Gasteiger partial charge < -0.3 is 9.31 Å². The van der Waals surface area contributed by atoms with Gasteiger partial charge in [0.25, 0.3) is 0 Å². The molecule has 0 atom stereocenters. The highest BCUT2D eigenvalue weighted by molar-refractivity contribution is 6.62. The fourth-order valence-electron chi connectivity index (χ4n) is 3.94. The molecule has 1 aromatic carbocycles. The van der Waals surface area contributed by atoms with Crippen LogP contribution in [0.5, 0.6) is 0 Å². The van der Waals surface area contributed by atoms with Crippen LogP contribution in [0.1, 0.15) is 59.8 Å². The van der Waals surface area contributed by atoms with Crippen molar-refractivity contribution in [3.8, 4) is 11.3 Å². The molecule has 5 nitrogen and oxygen atoms in total. The third kappa shape index (κ3) is 3.83. The van der Waals surface area contributed by atoms with E-state index >= 15 is 0 Å². The molecule has 2 aliphatic rings. The Hall–Kier alpha value is -1.66. The Morgan fingerprint density at radius 2 is 1.63 bits per heavy atom. The number of rotatable bonds is 4. The monoisotopic (exact) mass is 367 g/mol. The van der Waals surface area contributed by atoms with Crippen molar-refractivity contribution in [1.29, 1.82) is 0 Å². The molecule has 1 saturated heterocycles. The molecule has 2 fully saturated rings. The molecule has 2 heterocycles. The van der Waals surface area contributed by atoms with E-state index in [4.69, 9.17) is 9.31 Å². The smallest absolute Gasteiger partial charge is 0.399 e. The fraction of sp³-hybridized carbons (Fsp3) is 0.619. The summed E-state index contributed by atoms with van der Waals surface area (Å²) in [7, 11) is -0.328. The summed E-state index contributed by atoms with van der Waals surface area (Å²) < 4.78 is 14.3. The summed E-state index contributed by atoms with van der Waals surface area (Å²) in [5.74, 6) is 0.749. The Morgan fingerprint density at radius 1 is 1.00 bits per heavy atom. The maximum Gasteiger partial charge on any atom is 0.494 e. The Labute approximate surface area is 162 Å². The molecule has 0 spiro atoms. The van der Waals surface area contributed by atoms with Crippen molar-refractivity contribution < 1.29 is 9.31 Å².